The van der Waals surface area contributed by atoms with E-state index in [-0.39, 0.29) is 11.5 Å². The zero-order chi connectivity index (χ0) is 23.6. The van der Waals surface area contributed by atoms with Crippen LogP contribution in [-0.2, 0) is 16.6 Å². The smallest absolute Gasteiger partial charge is 0.266 e. The van der Waals surface area contributed by atoms with Crippen molar-refractivity contribution < 1.29 is 22.3 Å². The van der Waals surface area contributed by atoms with Crippen molar-refractivity contribution in [1.82, 2.24) is 4.31 Å². The first-order valence-electron chi connectivity index (χ1n) is 9.99. The molecule has 4 rings (SSSR count). The van der Waals surface area contributed by atoms with Gasteiger partial charge in [0.2, 0.25) is 10.0 Å². The minimum absolute atomic E-state index is 0.00273. The second-order valence-electron chi connectivity index (χ2n) is 7.39. The van der Waals surface area contributed by atoms with Crippen LogP contribution in [0.1, 0.15) is 15.2 Å². The third-order valence-corrected chi connectivity index (χ3v) is 7.97. The highest BCUT2D eigenvalue weighted by atomic mass is 32.2. The van der Waals surface area contributed by atoms with Crippen molar-refractivity contribution in [2.24, 2.45) is 0 Å². The van der Waals surface area contributed by atoms with E-state index in [1.807, 2.05) is 18.2 Å². The van der Waals surface area contributed by atoms with Gasteiger partial charge in [-0.05, 0) is 42.5 Å². The van der Waals surface area contributed by atoms with Crippen LogP contribution in [-0.4, -0.2) is 32.7 Å². The summed E-state index contributed by atoms with van der Waals surface area (Å²) in [7, 11) is -0.787. The Labute approximate surface area is 195 Å². The van der Waals surface area contributed by atoms with Gasteiger partial charge in [-0.15, -0.1) is 11.3 Å². The molecular weight excluding hydrogens is 463 g/mol. The summed E-state index contributed by atoms with van der Waals surface area (Å²) in [6, 6.07) is 19.7. The number of para-hydroxylation sites is 1. The number of amides is 1. The van der Waals surface area contributed by atoms with Crippen LogP contribution in [0.25, 0.3) is 10.1 Å². The zero-order valence-corrected chi connectivity index (χ0v) is 19.5. The van der Waals surface area contributed by atoms with Gasteiger partial charge in [0.15, 0.2) is 0 Å². The van der Waals surface area contributed by atoms with Crippen LogP contribution in [0.3, 0.4) is 0 Å². The maximum atomic E-state index is 14.7. The van der Waals surface area contributed by atoms with Gasteiger partial charge in [-0.25, -0.2) is 17.1 Å². The molecule has 1 N–H and O–H groups in total. The molecule has 9 heteroatoms. The summed E-state index contributed by atoms with van der Waals surface area (Å²) >= 11 is 1.16. The fourth-order valence-electron chi connectivity index (χ4n) is 3.29. The third-order valence-electron chi connectivity index (χ3n) is 4.97. The Morgan fingerprint density at radius 3 is 2.48 bits per heavy atom. The normalized spacial score (nSPS) is 11.6. The number of carbonyl (C=O) groups excluding carboxylic acids is 1. The molecule has 0 fully saturated rings. The summed E-state index contributed by atoms with van der Waals surface area (Å²) in [5.41, 5.74) is 0.752. The highest BCUT2D eigenvalue weighted by Gasteiger charge is 2.23. The van der Waals surface area contributed by atoms with Gasteiger partial charge in [0, 0.05) is 35.4 Å². The number of anilines is 1. The number of hydrogen-bond donors (Lipinski definition) is 1. The Hall–Kier alpha value is -3.27. The van der Waals surface area contributed by atoms with E-state index in [9.17, 15) is 17.6 Å². The average Bonchev–Trinajstić information content (AvgIpc) is 3.18. The Balaban J connectivity index is 1.68. The van der Waals surface area contributed by atoms with Gasteiger partial charge in [0.1, 0.15) is 23.1 Å². The van der Waals surface area contributed by atoms with E-state index in [0.717, 1.165) is 15.6 Å². The molecule has 0 bridgehead atoms. The average molecular weight is 485 g/mol. The number of hydrogen-bond acceptors (Lipinski definition) is 5. The van der Waals surface area contributed by atoms with Crippen LogP contribution in [0.2, 0.25) is 0 Å². The number of nitrogens with one attached hydrogen (secondary N) is 1. The SMILES string of the molecule is CN(C)S(=O)(=O)c1cccc(NC(=O)c2sc3cccc(F)c3c2COc2ccccc2)c1. The lowest BCUT2D eigenvalue weighted by atomic mass is 10.1. The maximum absolute atomic E-state index is 14.7. The molecule has 1 aromatic heterocycles. The quantitative estimate of drug-likeness (QED) is 0.395. The van der Waals surface area contributed by atoms with Crippen LogP contribution in [0.4, 0.5) is 10.1 Å². The minimum Gasteiger partial charge on any atom is -0.489 e. The number of carbonyl (C=O) groups is 1. The molecule has 1 amide bonds. The Kier molecular flexibility index (Phi) is 6.46. The van der Waals surface area contributed by atoms with Crippen molar-refractivity contribution in [1.29, 1.82) is 0 Å². The monoisotopic (exact) mass is 484 g/mol. The van der Waals surface area contributed by atoms with E-state index in [4.69, 9.17) is 4.74 Å². The molecule has 0 aliphatic heterocycles. The second kappa shape index (κ2) is 9.30. The first-order chi connectivity index (χ1) is 15.8. The molecule has 6 nitrogen and oxygen atoms in total. The summed E-state index contributed by atoms with van der Waals surface area (Å²) in [5, 5.41) is 3.08. The first kappa shape index (κ1) is 22.9. The Morgan fingerprint density at radius 2 is 1.76 bits per heavy atom. The van der Waals surface area contributed by atoms with Gasteiger partial charge in [-0.3, -0.25) is 4.79 Å². The topological polar surface area (TPSA) is 75.7 Å². The fraction of sp³-hybridized carbons (Fsp3) is 0.125. The molecule has 33 heavy (non-hydrogen) atoms. The molecule has 4 aromatic rings. The Morgan fingerprint density at radius 1 is 1.03 bits per heavy atom. The van der Waals surface area contributed by atoms with Gasteiger partial charge in [0.05, 0.1) is 4.90 Å². The maximum Gasteiger partial charge on any atom is 0.266 e. The second-order valence-corrected chi connectivity index (χ2v) is 10.6. The molecule has 0 saturated heterocycles. The molecule has 170 valence electrons. The van der Waals surface area contributed by atoms with Crippen molar-refractivity contribution in [3.05, 3.63) is 89.1 Å². The van der Waals surface area contributed by atoms with E-state index in [1.165, 1.54) is 32.3 Å². The van der Waals surface area contributed by atoms with Crippen molar-refractivity contribution in [3.8, 4) is 5.75 Å². The summed E-state index contributed by atoms with van der Waals surface area (Å²) in [5.74, 6) is -0.309. The lowest BCUT2D eigenvalue weighted by Gasteiger charge is -2.13. The summed E-state index contributed by atoms with van der Waals surface area (Å²) in [6.45, 7) is 0.00273. The highest BCUT2D eigenvalue weighted by molar-refractivity contribution is 7.89. The molecule has 0 saturated carbocycles. The standard InChI is InChI=1S/C24H21FN2O4S2/c1-27(2)33(29,30)18-11-6-8-16(14-18)26-24(28)23-19(15-31-17-9-4-3-5-10-17)22-20(25)12-7-13-21(22)32-23/h3-14H,15H2,1-2H3,(H,26,28). The summed E-state index contributed by atoms with van der Waals surface area (Å²) < 4.78 is 47.1. The van der Waals surface area contributed by atoms with E-state index in [1.54, 1.807) is 36.4 Å². The number of benzene rings is 3. The number of rotatable bonds is 7. The van der Waals surface area contributed by atoms with Crippen molar-refractivity contribution in [2.45, 2.75) is 11.5 Å². The van der Waals surface area contributed by atoms with Gasteiger partial charge >= 0.3 is 0 Å². The molecule has 0 aliphatic rings. The molecule has 1 heterocycles. The Bertz CT molecular complexity index is 1420. The molecule has 0 aliphatic carbocycles. The molecular formula is C24H21FN2O4S2. The number of ether oxygens (including phenoxy) is 1. The molecule has 0 atom stereocenters. The highest BCUT2D eigenvalue weighted by Crippen LogP contribution is 2.35. The fourth-order valence-corrected chi connectivity index (χ4v) is 5.36. The molecule has 0 radical (unpaired) electrons. The van der Waals surface area contributed by atoms with Gasteiger partial charge in [0.25, 0.3) is 5.91 Å². The predicted octanol–water partition coefficient (Wildman–Crippen LogP) is 5.12. The number of sulfonamides is 1. The van der Waals surface area contributed by atoms with Gasteiger partial charge in [-0.1, -0.05) is 30.3 Å². The van der Waals surface area contributed by atoms with Gasteiger partial charge in [-0.2, -0.15) is 0 Å². The zero-order valence-electron chi connectivity index (χ0n) is 17.9. The lowest BCUT2D eigenvalue weighted by molar-refractivity contribution is 0.102. The number of nitrogens with zero attached hydrogens (tertiary/aromatic N) is 1. The van der Waals surface area contributed by atoms with Crippen molar-refractivity contribution in [3.63, 3.8) is 0 Å². The molecule has 0 unspecified atom stereocenters. The number of fused-ring (bicyclic) bond motifs is 1. The van der Waals surface area contributed by atoms with Crippen LogP contribution >= 0.6 is 11.3 Å². The van der Waals surface area contributed by atoms with E-state index >= 15 is 0 Å². The lowest BCUT2D eigenvalue weighted by Crippen LogP contribution is -2.22. The van der Waals surface area contributed by atoms with Crippen LogP contribution in [0.5, 0.6) is 5.75 Å². The van der Waals surface area contributed by atoms with Crippen molar-refractivity contribution >= 4 is 43.0 Å². The van der Waals surface area contributed by atoms with Gasteiger partial charge < -0.3 is 10.1 Å². The van der Waals surface area contributed by atoms with Crippen molar-refractivity contribution in [2.75, 3.05) is 19.4 Å². The number of halogens is 1. The molecule has 3 aromatic carbocycles. The minimum atomic E-state index is -3.66. The van der Waals surface area contributed by atoms with E-state index in [2.05, 4.69) is 5.32 Å². The molecule has 0 spiro atoms. The van der Waals surface area contributed by atoms with Crippen LogP contribution in [0, 0.1) is 5.82 Å². The van der Waals surface area contributed by atoms with E-state index in [0.29, 0.717) is 32.0 Å². The third kappa shape index (κ3) is 4.75. The van der Waals surface area contributed by atoms with E-state index < -0.39 is 21.7 Å². The summed E-state index contributed by atoms with van der Waals surface area (Å²) in [6.07, 6.45) is 0. The predicted molar refractivity (Wildman–Crippen MR) is 128 cm³/mol. The first-order valence-corrected chi connectivity index (χ1v) is 12.2. The summed E-state index contributed by atoms with van der Waals surface area (Å²) in [4.78, 5) is 13.5. The largest absolute Gasteiger partial charge is 0.489 e. The van der Waals surface area contributed by atoms with Crippen LogP contribution < -0.4 is 10.1 Å². The van der Waals surface area contributed by atoms with Crippen LogP contribution in [0.15, 0.2) is 77.7 Å². The number of thiophene rings is 1.